The number of benzene rings is 1. The first-order valence-corrected chi connectivity index (χ1v) is 5.21. The number of carbonyl (C=O) groups is 1. The summed E-state index contributed by atoms with van der Waals surface area (Å²) in [5.41, 5.74) is 1.34. The predicted molar refractivity (Wildman–Crippen MR) is 65.9 cm³/mol. The van der Waals surface area contributed by atoms with Crippen LogP contribution in [0.1, 0.15) is 10.4 Å². The molecule has 0 atom stereocenters. The molecular weight excluding hydrogens is 220 g/mol. The van der Waals surface area contributed by atoms with E-state index in [9.17, 15) is 4.79 Å². The van der Waals surface area contributed by atoms with Gasteiger partial charge in [-0.2, -0.15) is 0 Å². The van der Waals surface area contributed by atoms with Crippen LogP contribution in [0, 0.1) is 0 Å². The Labute approximate surface area is 98.9 Å². The van der Waals surface area contributed by atoms with Crippen molar-refractivity contribution in [2.75, 3.05) is 5.32 Å². The maximum atomic E-state index is 11.7. The van der Waals surface area contributed by atoms with Crippen LogP contribution in [0.5, 0.6) is 0 Å². The smallest absolute Gasteiger partial charge is 0.255 e. The van der Waals surface area contributed by atoms with Gasteiger partial charge in [0.25, 0.3) is 5.91 Å². The number of rotatable bonds is 2. The number of carbonyl (C=O) groups excluding carboxylic acids is 1. The number of hydrogen-bond donors (Lipinski definition) is 2. The van der Waals surface area contributed by atoms with Gasteiger partial charge in [0.1, 0.15) is 0 Å². The molecule has 0 unspecified atom stereocenters. The first-order valence-electron chi connectivity index (χ1n) is 4.76. The van der Waals surface area contributed by atoms with Crippen molar-refractivity contribution in [2.24, 2.45) is 0 Å². The number of amides is 1. The van der Waals surface area contributed by atoms with Gasteiger partial charge in [0, 0.05) is 28.5 Å². The van der Waals surface area contributed by atoms with Gasteiger partial charge in [0.2, 0.25) is 0 Å². The lowest BCUT2D eigenvalue weighted by Crippen LogP contribution is -2.11. The van der Waals surface area contributed by atoms with E-state index in [2.05, 4.69) is 22.9 Å². The predicted octanol–water partition coefficient (Wildman–Crippen LogP) is 2.62. The van der Waals surface area contributed by atoms with Crippen molar-refractivity contribution in [3.05, 3.63) is 54.4 Å². The summed E-state index contributed by atoms with van der Waals surface area (Å²) in [5.74, 6) is -0.144. The number of nitrogens with one attached hydrogen (secondary N) is 1. The molecule has 2 aromatic rings. The number of pyridine rings is 1. The van der Waals surface area contributed by atoms with E-state index in [1.165, 1.54) is 0 Å². The van der Waals surface area contributed by atoms with Crippen molar-refractivity contribution < 1.29 is 4.79 Å². The highest BCUT2D eigenvalue weighted by atomic mass is 32.1. The summed E-state index contributed by atoms with van der Waals surface area (Å²) in [6.07, 6.45) is 3.18. The molecule has 16 heavy (non-hydrogen) atoms. The van der Waals surface area contributed by atoms with Crippen LogP contribution in [0.3, 0.4) is 0 Å². The first kappa shape index (κ1) is 10.7. The van der Waals surface area contributed by atoms with Crippen molar-refractivity contribution >= 4 is 24.2 Å². The SMILES string of the molecule is O=C(Nc1ccc(S)cc1)c1ccncc1. The number of aromatic nitrogens is 1. The second-order valence-corrected chi connectivity index (χ2v) is 3.75. The molecule has 1 aromatic heterocycles. The van der Waals surface area contributed by atoms with Gasteiger partial charge in [0.05, 0.1) is 0 Å². The first-order chi connectivity index (χ1) is 7.75. The van der Waals surface area contributed by atoms with Crippen LogP contribution in [0.4, 0.5) is 5.69 Å². The van der Waals surface area contributed by atoms with E-state index in [-0.39, 0.29) is 5.91 Å². The fourth-order valence-electron chi connectivity index (χ4n) is 1.25. The van der Waals surface area contributed by atoms with Crippen LogP contribution in [0.15, 0.2) is 53.7 Å². The Kier molecular flexibility index (Phi) is 3.22. The Hall–Kier alpha value is -1.81. The van der Waals surface area contributed by atoms with Gasteiger partial charge in [-0.15, -0.1) is 12.6 Å². The molecule has 0 bridgehead atoms. The average molecular weight is 230 g/mol. The third-order valence-electron chi connectivity index (χ3n) is 2.07. The van der Waals surface area contributed by atoms with Gasteiger partial charge in [0.15, 0.2) is 0 Å². The Morgan fingerprint density at radius 1 is 1.06 bits per heavy atom. The summed E-state index contributed by atoms with van der Waals surface area (Å²) in [7, 11) is 0. The monoisotopic (exact) mass is 230 g/mol. The minimum Gasteiger partial charge on any atom is -0.322 e. The van der Waals surface area contributed by atoms with E-state index in [0.29, 0.717) is 5.56 Å². The summed E-state index contributed by atoms with van der Waals surface area (Å²) >= 11 is 4.17. The van der Waals surface area contributed by atoms with Crippen molar-refractivity contribution in [3.63, 3.8) is 0 Å². The molecular formula is C12H10N2OS. The van der Waals surface area contributed by atoms with E-state index < -0.39 is 0 Å². The topological polar surface area (TPSA) is 42.0 Å². The quantitative estimate of drug-likeness (QED) is 0.779. The lowest BCUT2D eigenvalue weighted by atomic mass is 10.2. The van der Waals surface area contributed by atoms with Crippen LogP contribution in [0.2, 0.25) is 0 Å². The summed E-state index contributed by atoms with van der Waals surface area (Å²) < 4.78 is 0. The van der Waals surface area contributed by atoms with Crippen LogP contribution in [-0.4, -0.2) is 10.9 Å². The lowest BCUT2D eigenvalue weighted by molar-refractivity contribution is 0.102. The molecule has 0 saturated heterocycles. The zero-order valence-electron chi connectivity index (χ0n) is 8.42. The molecule has 1 N–H and O–H groups in total. The minimum absolute atomic E-state index is 0.144. The Balaban J connectivity index is 2.11. The maximum absolute atomic E-state index is 11.7. The fourth-order valence-corrected chi connectivity index (χ4v) is 1.40. The van der Waals surface area contributed by atoms with Crippen LogP contribution < -0.4 is 5.32 Å². The molecule has 3 nitrogen and oxygen atoms in total. The van der Waals surface area contributed by atoms with E-state index in [0.717, 1.165) is 10.6 Å². The molecule has 1 aromatic carbocycles. The summed E-state index contributed by atoms with van der Waals surface area (Å²) in [5, 5.41) is 2.78. The molecule has 0 radical (unpaired) electrons. The number of thiol groups is 1. The number of nitrogens with zero attached hydrogens (tertiary/aromatic N) is 1. The molecule has 2 rings (SSSR count). The average Bonchev–Trinajstić information content (AvgIpc) is 2.33. The molecule has 0 spiro atoms. The molecule has 0 aliphatic rings. The molecule has 0 fully saturated rings. The van der Waals surface area contributed by atoms with Gasteiger partial charge >= 0.3 is 0 Å². The lowest BCUT2D eigenvalue weighted by Gasteiger charge is -2.04. The zero-order valence-corrected chi connectivity index (χ0v) is 9.32. The third-order valence-corrected chi connectivity index (χ3v) is 2.37. The number of hydrogen-bond acceptors (Lipinski definition) is 3. The standard InChI is InChI=1S/C12H10N2OS/c15-12(9-5-7-13-8-6-9)14-10-1-3-11(16)4-2-10/h1-8,16H,(H,14,15). The zero-order chi connectivity index (χ0) is 11.4. The van der Waals surface area contributed by atoms with Gasteiger partial charge in [-0.05, 0) is 36.4 Å². The molecule has 0 saturated carbocycles. The fraction of sp³-hybridized carbons (Fsp3) is 0. The molecule has 0 aliphatic carbocycles. The molecule has 1 heterocycles. The maximum Gasteiger partial charge on any atom is 0.255 e. The van der Waals surface area contributed by atoms with Gasteiger partial charge < -0.3 is 5.32 Å². The van der Waals surface area contributed by atoms with E-state index in [1.807, 2.05) is 12.1 Å². The van der Waals surface area contributed by atoms with Crippen LogP contribution in [-0.2, 0) is 0 Å². The summed E-state index contributed by atoms with van der Waals surface area (Å²) in [6.45, 7) is 0. The molecule has 4 heteroatoms. The van der Waals surface area contributed by atoms with Gasteiger partial charge in [-0.1, -0.05) is 0 Å². The normalized spacial score (nSPS) is 9.81. The van der Waals surface area contributed by atoms with Crippen molar-refractivity contribution in [2.45, 2.75) is 4.90 Å². The highest BCUT2D eigenvalue weighted by Gasteiger charge is 2.04. The second kappa shape index (κ2) is 4.81. The summed E-state index contributed by atoms with van der Waals surface area (Å²) in [4.78, 5) is 16.5. The van der Waals surface area contributed by atoms with Crippen LogP contribution >= 0.6 is 12.6 Å². The molecule has 80 valence electrons. The summed E-state index contributed by atoms with van der Waals surface area (Å²) in [6, 6.07) is 10.6. The Morgan fingerprint density at radius 3 is 2.31 bits per heavy atom. The van der Waals surface area contributed by atoms with Crippen molar-refractivity contribution in [1.29, 1.82) is 0 Å². The second-order valence-electron chi connectivity index (χ2n) is 3.24. The van der Waals surface area contributed by atoms with E-state index in [1.54, 1.807) is 36.7 Å². The van der Waals surface area contributed by atoms with E-state index >= 15 is 0 Å². The Bertz CT molecular complexity index is 482. The minimum atomic E-state index is -0.144. The van der Waals surface area contributed by atoms with Gasteiger partial charge in [-0.25, -0.2) is 0 Å². The van der Waals surface area contributed by atoms with E-state index in [4.69, 9.17) is 0 Å². The third kappa shape index (κ3) is 2.61. The van der Waals surface area contributed by atoms with Crippen molar-refractivity contribution in [1.82, 2.24) is 4.98 Å². The number of anilines is 1. The molecule has 0 aliphatic heterocycles. The largest absolute Gasteiger partial charge is 0.322 e. The van der Waals surface area contributed by atoms with Crippen molar-refractivity contribution in [3.8, 4) is 0 Å². The highest BCUT2D eigenvalue weighted by molar-refractivity contribution is 7.80. The molecule has 1 amide bonds. The Morgan fingerprint density at radius 2 is 1.69 bits per heavy atom. The highest BCUT2D eigenvalue weighted by Crippen LogP contribution is 2.13. The van der Waals surface area contributed by atoms with Crippen LogP contribution in [0.25, 0.3) is 0 Å². The van der Waals surface area contributed by atoms with Gasteiger partial charge in [-0.3, -0.25) is 9.78 Å².